The third-order valence-electron chi connectivity index (χ3n) is 7.30. The van der Waals surface area contributed by atoms with Crippen LogP contribution in [0.25, 0.3) is 22.8 Å². The number of alkyl halides is 1. The van der Waals surface area contributed by atoms with E-state index in [0.29, 0.717) is 47.4 Å². The summed E-state index contributed by atoms with van der Waals surface area (Å²) in [6.07, 6.45) is 5.97. The Balaban J connectivity index is 1.59. The monoisotopic (exact) mass is 509 g/mol. The molecule has 1 N–H and O–H groups in total. The normalized spacial score (nSPS) is 15.6. The highest BCUT2D eigenvalue weighted by atomic mass is 35.5. The molecule has 190 valence electrons. The zero-order valence-electron chi connectivity index (χ0n) is 20.9. The van der Waals surface area contributed by atoms with E-state index in [2.05, 4.69) is 28.8 Å². The first-order valence-corrected chi connectivity index (χ1v) is 13.2. The molecule has 1 aromatic heterocycles. The molecule has 0 aliphatic heterocycles. The van der Waals surface area contributed by atoms with Gasteiger partial charge in [0.2, 0.25) is 0 Å². The van der Waals surface area contributed by atoms with Crippen LogP contribution in [0, 0.1) is 5.41 Å². The molecule has 0 atom stereocenters. The van der Waals surface area contributed by atoms with Crippen molar-refractivity contribution in [2.24, 2.45) is 5.41 Å². The largest absolute Gasteiger partial charge is 0.348 e. The summed E-state index contributed by atoms with van der Waals surface area (Å²) >= 11 is 6.50. The average molecular weight is 510 g/mol. The van der Waals surface area contributed by atoms with Gasteiger partial charge in [-0.2, -0.15) is 4.98 Å². The van der Waals surface area contributed by atoms with Gasteiger partial charge in [0.1, 0.15) is 18.3 Å². The van der Waals surface area contributed by atoms with Crippen molar-refractivity contribution in [2.75, 3.05) is 6.67 Å². The Hall–Kier alpha value is -2.86. The van der Waals surface area contributed by atoms with Crippen LogP contribution in [-0.4, -0.2) is 27.4 Å². The van der Waals surface area contributed by atoms with E-state index in [1.54, 1.807) is 6.07 Å². The molecule has 36 heavy (non-hydrogen) atoms. The highest BCUT2D eigenvalue weighted by Crippen LogP contribution is 2.38. The van der Waals surface area contributed by atoms with Crippen LogP contribution in [0.3, 0.4) is 0 Å². The molecule has 0 spiro atoms. The number of rotatable bonds is 8. The van der Waals surface area contributed by atoms with Crippen molar-refractivity contribution in [1.82, 2.24) is 15.0 Å². The summed E-state index contributed by atoms with van der Waals surface area (Å²) in [4.78, 5) is 36.9. The Morgan fingerprint density at radius 3 is 2.53 bits per heavy atom. The maximum absolute atomic E-state index is 14.0. The highest BCUT2D eigenvalue weighted by Gasteiger charge is 2.37. The van der Waals surface area contributed by atoms with Crippen molar-refractivity contribution in [3.8, 4) is 22.8 Å². The number of benzene rings is 2. The average Bonchev–Trinajstić information content (AvgIpc) is 3.14. The molecule has 3 aromatic rings. The van der Waals surface area contributed by atoms with Crippen LogP contribution in [0.1, 0.15) is 75.8 Å². The minimum Gasteiger partial charge on any atom is -0.299 e. The summed E-state index contributed by atoms with van der Waals surface area (Å²) in [6.45, 7) is 3.62. The Kier molecular flexibility index (Phi) is 8.35. The van der Waals surface area contributed by atoms with Gasteiger partial charge in [-0.05, 0) is 54.5 Å². The van der Waals surface area contributed by atoms with E-state index in [0.717, 1.165) is 42.4 Å². The van der Waals surface area contributed by atoms with Crippen LogP contribution in [0.5, 0.6) is 0 Å². The lowest BCUT2D eigenvalue weighted by molar-refractivity contribution is -0.130. The second-order valence-corrected chi connectivity index (χ2v) is 10.6. The summed E-state index contributed by atoms with van der Waals surface area (Å²) in [5.41, 5.74) is 1.99. The Morgan fingerprint density at radius 2 is 1.83 bits per heavy atom. The summed E-state index contributed by atoms with van der Waals surface area (Å²) < 4.78 is 14.0. The van der Waals surface area contributed by atoms with Gasteiger partial charge in [0.25, 0.3) is 0 Å². The van der Waals surface area contributed by atoms with Crippen molar-refractivity contribution >= 4 is 17.4 Å². The molecule has 0 unspecified atom stereocenters. The SMILES string of the molecule is CC(C)c1cccc(-c2nc(-c3cc(CCC(=O)C4(CF)CCCCCC4)ccc3Cl)[nH]c(=O)n2)c1. The van der Waals surface area contributed by atoms with E-state index in [1.165, 1.54) is 0 Å². The van der Waals surface area contributed by atoms with E-state index < -0.39 is 17.8 Å². The molecule has 0 bridgehead atoms. The molecule has 0 saturated heterocycles. The van der Waals surface area contributed by atoms with Gasteiger partial charge in [-0.25, -0.2) is 9.78 Å². The number of aryl methyl sites for hydroxylation is 1. The highest BCUT2D eigenvalue weighted by molar-refractivity contribution is 6.33. The van der Waals surface area contributed by atoms with Crippen molar-refractivity contribution in [3.63, 3.8) is 0 Å². The molecule has 0 radical (unpaired) electrons. The smallest absolute Gasteiger partial charge is 0.299 e. The second-order valence-electron chi connectivity index (χ2n) is 10.2. The quantitative estimate of drug-likeness (QED) is 0.329. The van der Waals surface area contributed by atoms with Crippen LogP contribution in [0.4, 0.5) is 4.39 Å². The summed E-state index contributed by atoms with van der Waals surface area (Å²) in [6, 6.07) is 13.3. The van der Waals surface area contributed by atoms with Gasteiger partial charge in [0.15, 0.2) is 5.82 Å². The fourth-order valence-corrected chi connectivity index (χ4v) is 5.21. The Bertz CT molecular complexity index is 1280. The molecule has 0 amide bonds. The Labute approximate surface area is 216 Å². The standard InChI is InChI=1S/C29H33ClFN3O2/c1-19(2)21-8-7-9-22(17-21)26-32-27(34-28(36)33-26)23-16-20(10-12-24(23)30)11-13-25(35)29(18-31)14-5-3-4-6-15-29/h7-10,12,16-17,19H,3-6,11,13-15,18H2,1-2H3,(H,32,33,34,36). The fourth-order valence-electron chi connectivity index (χ4n) is 5.00. The van der Waals surface area contributed by atoms with Crippen molar-refractivity contribution in [1.29, 1.82) is 0 Å². The third kappa shape index (κ3) is 5.92. The number of halogens is 2. The molecule has 7 heteroatoms. The number of ketones is 1. The molecular weight excluding hydrogens is 477 g/mol. The minimum absolute atomic E-state index is 0.00571. The molecule has 5 nitrogen and oxygen atoms in total. The number of aromatic amines is 1. The van der Waals surface area contributed by atoms with Gasteiger partial charge in [-0.3, -0.25) is 14.2 Å². The van der Waals surface area contributed by atoms with Crippen molar-refractivity contribution in [3.05, 3.63) is 69.1 Å². The summed E-state index contributed by atoms with van der Waals surface area (Å²) in [7, 11) is 0. The van der Waals surface area contributed by atoms with Crippen molar-refractivity contribution in [2.45, 2.75) is 71.1 Å². The lowest BCUT2D eigenvalue weighted by Gasteiger charge is -2.28. The zero-order valence-corrected chi connectivity index (χ0v) is 21.7. The lowest BCUT2D eigenvalue weighted by atomic mass is 9.76. The number of carbonyl (C=O) groups is 1. The third-order valence-corrected chi connectivity index (χ3v) is 7.63. The first kappa shape index (κ1) is 26.2. The number of aromatic nitrogens is 3. The summed E-state index contributed by atoms with van der Waals surface area (Å²) in [5, 5.41) is 0.435. The number of hydrogen-bond acceptors (Lipinski definition) is 4. The van der Waals surface area contributed by atoms with Crippen LogP contribution in [0.2, 0.25) is 5.02 Å². The van der Waals surface area contributed by atoms with Crippen LogP contribution >= 0.6 is 11.6 Å². The van der Waals surface area contributed by atoms with E-state index in [9.17, 15) is 14.0 Å². The molecule has 2 aromatic carbocycles. The maximum atomic E-state index is 14.0. The zero-order chi connectivity index (χ0) is 25.7. The van der Waals surface area contributed by atoms with E-state index in [-0.39, 0.29) is 12.2 Å². The molecule has 1 aliphatic carbocycles. The van der Waals surface area contributed by atoms with Gasteiger partial charge in [-0.15, -0.1) is 0 Å². The first-order valence-electron chi connectivity index (χ1n) is 12.8. The first-order chi connectivity index (χ1) is 17.3. The van der Waals surface area contributed by atoms with Crippen molar-refractivity contribution < 1.29 is 9.18 Å². The van der Waals surface area contributed by atoms with E-state index in [4.69, 9.17) is 11.6 Å². The fraction of sp³-hybridized carbons (Fsp3) is 0.448. The predicted molar refractivity (Wildman–Crippen MR) is 142 cm³/mol. The maximum Gasteiger partial charge on any atom is 0.348 e. The van der Waals surface area contributed by atoms with Gasteiger partial charge < -0.3 is 0 Å². The van der Waals surface area contributed by atoms with Gasteiger partial charge in [-0.1, -0.05) is 75.4 Å². The van der Waals surface area contributed by atoms with Crippen LogP contribution in [0.15, 0.2) is 47.3 Å². The van der Waals surface area contributed by atoms with Gasteiger partial charge >= 0.3 is 5.69 Å². The van der Waals surface area contributed by atoms with E-state index in [1.807, 2.05) is 36.4 Å². The molecule has 1 fully saturated rings. The number of H-pyrrole nitrogens is 1. The minimum atomic E-state index is -0.830. The van der Waals surface area contributed by atoms with Crippen LogP contribution < -0.4 is 5.69 Å². The second kappa shape index (κ2) is 11.5. The number of nitrogens with one attached hydrogen (secondary N) is 1. The predicted octanol–water partition coefficient (Wildman–Crippen LogP) is 7.09. The number of nitrogens with zero attached hydrogens (tertiary/aromatic N) is 2. The number of Topliss-reactive ketones (excluding diaryl/α,β-unsaturated/α-hetero) is 1. The molecular formula is C29H33ClFN3O2. The molecule has 1 aliphatic rings. The van der Waals surface area contributed by atoms with Gasteiger partial charge in [0, 0.05) is 17.5 Å². The summed E-state index contributed by atoms with van der Waals surface area (Å²) in [5.74, 6) is 0.981. The van der Waals surface area contributed by atoms with Crippen LogP contribution in [-0.2, 0) is 11.2 Å². The topological polar surface area (TPSA) is 75.7 Å². The van der Waals surface area contributed by atoms with E-state index >= 15 is 0 Å². The molecule has 1 saturated carbocycles. The molecule has 4 rings (SSSR count). The van der Waals surface area contributed by atoms with Gasteiger partial charge in [0.05, 0.1) is 10.4 Å². The number of hydrogen-bond donors (Lipinski definition) is 1. The lowest BCUT2D eigenvalue weighted by Crippen LogP contribution is -2.33. The molecule has 1 heterocycles. The Morgan fingerprint density at radius 1 is 1.08 bits per heavy atom. The number of carbonyl (C=O) groups excluding carboxylic acids is 1.